The summed E-state index contributed by atoms with van der Waals surface area (Å²) < 4.78 is 0. The van der Waals surface area contributed by atoms with Crippen molar-refractivity contribution < 1.29 is 4.79 Å². The highest BCUT2D eigenvalue weighted by atomic mass is 32.1. The van der Waals surface area contributed by atoms with E-state index in [9.17, 15) is 4.79 Å². The van der Waals surface area contributed by atoms with Crippen LogP contribution in [-0.2, 0) is 17.6 Å². The molecule has 4 nitrogen and oxygen atoms in total. The zero-order valence-electron chi connectivity index (χ0n) is 12.9. The molecule has 1 aliphatic carbocycles. The lowest BCUT2D eigenvalue weighted by Crippen LogP contribution is -2.47. The standard InChI is InChI=1S/C17H23N3OS/c1-2-11-20-12-7-6-9-14(20)16(21)19-17-18-13-8-4-3-5-10-15(13)22-17/h1,14H,3-12H2,(H,18,19,21). The van der Waals surface area contributed by atoms with Crippen molar-refractivity contribution in [1.82, 2.24) is 9.88 Å². The van der Waals surface area contributed by atoms with Crippen molar-refractivity contribution in [2.45, 2.75) is 57.4 Å². The van der Waals surface area contributed by atoms with Crippen molar-refractivity contribution in [3.8, 4) is 12.3 Å². The summed E-state index contributed by atoms with van der Waals surface area (Å²) in [5, 5.41) is 3.80. The van der Waals surface area contributed by atoms with Crippen LogP contribution in [0.25, 0.3) is 0 Å². The molecule has 0 aromatic carbocycles. The van der Waals surface area contributed by atoms with Gasteiger partial charge in [-0.3, -0.25) is 9.69 Å². The van der Waals surface area contributed by atoms with Crippen molar-refractivity contribution in [2.24, 2.45) is 0 Å². The Bertz CT molecular complexity index is 551. The number of likely N-dealkylation sites (tertiary alicyclic amines) is 1. The summed E-state index contributed by atoms with van der Waals surface area (Å²) in [5.41, 5.74) is 1.20. The van der Waals surface area contributed by atoms with E-state index in [2.05, 4.69) is 21.1 Å². The fraction of sp³-hybridized carbons (Fsp3) is 0.647. The van der Waals surface area contributed by atoms with E-state index in [-0.39, 0.29) is 11.9 Å². The summed E-state index contributed by atoms with van der Waals surface area (Å²) in [7, 11) is 0. The van der Waals surface area contributed by atoms with Crippen molar-refractivity contribution in [1.29, 1.82) is 0 Å². The average Bonchev–Trinajstić information content (AvgIpc) is 2.76. The van der Waals surface area contributed by atoms with Gasteiger partial charge in [-0.2, -0.15) is 0 Å². The normalized spacial score (nSPS) is 22.4. The number of terminal acetylenes is 1. The molecule has 1 aliphatic heterocycles. The topological polar surface area (TPSA) is 45.2 Å². The predicted octanol–water partition coefficient (Wildman–Crippen LogP) is 2.84. The third kappa shape index (κ3) is 3.50. The largest absolute Gasteiger partial charge is 0.301 e. The Morgan fingerprint density at radius 2 is 2.18 bits per heavy atom. The average molecular weight is 317 g/mol. The van der Waals surface area contributed by atoms with E-state index in [0.717, 1.165) is 43.8 Å². The molecule has 5 heteroatoms. The van der Waals surface area contributed by atoms with E-state index in [0.29, 0.717) is 6.54 Å². The van der Waals surface area contributed by atoms with E-state index in [1.807, 2.05) is 0 Å². The number of nitrogens with one attached hydrogen (secondary N) is 1. The van der Waals surface area contributed by atoms with E-state index >= 15 is 0 Å². The molecular formula is C17H23N3OS. The third-order valence-electron chi connectivity index (χ3n) is 4.54. The predicted molar refractivity (Wildman–Crippen MR) is 90.0 cm³/mol. The lowest BCUT2D eigenvalue weighted by Gasteiger charge is -2.32. The number of thiazole rings is 1. The number of anilines is 1. The zero-order valence-corrected chi connectivity index (χ0v) is 13.8. The zero-order chi connectivity index (χ0) is 15.4. The molecule has 3 rings (SSSR count). The second kappa shape index (κ2) is 7.26. The molecule has 0 spiro atoms. The molecule has 2 aliphatic rings. The molecule has 1 atom stereocenters. The number of carbonyl (C=O) groups excluding carboxylic acids is 1. The van der Waals surface area contributed by atoms with Gasteiger partial charge in [-0.25, -0.2) is 4.98 Å². The monoisotopic (exact) mass is 317 g/mol. The Balaban J connectivity index is 1.67. The van der Waals surface area contributed by atoms with Crippen molar-refractivity contribution in [3.05, 3.63) is 10.6 Å². The van der Waals surface area contributed by atoms with Crippen LogP contribution in [0.1, 0.15) is 49.1 Å². The van der Waals surface area contributed by atoms with Crippen LogP contribution in [0.3, 0.4) is 0 Å². The van der Waals surface area contributed by atoms with Crippen LogP contribution in [0.2, 0.25) is 0 Å². The van der Waals surface area contributed by atoms with Crippen LogP contribution >= 0.6 is 11.3 Å². The maximum Gasteiger partial charge on any atom is 0.243 e. The van der Waals surface area contributed by atoms with Gasteiger partial charge in [0.2, 0.25) is 5.91 Å². The highest BCUT2D eigenvalue weighted by Crippen LogP contribution is 2.29. The van der Waals surface area contributed by atoms with Gasteiger partial charge in [0.15, 0.2) is 5.13 Å². The van der Waals surface area contributed by atoms with E-state index in [4.69, 9.17) is 6.42 Å². The van der Waals surface area contributed by atoms with Gasteiger partial charge < -0.3 is 5.32 Å². The fourth-order valence-electron chi connectivity index (χ4n) is 3.37. The number of carbonyl (C=O) groups is 1. The first-order chi connectivity index (χ1) is 10.8. The Morgan fingerprint density at radius 3 is 3.05 bits per heavy atom. The number of fused-ring (bicyclic) bond motifs is 1. The molecule has 1 aromatic heterocycles. The Kier molecular flexibility index (Phi) is 5.12. The molecule has 2 heterocycles. The summed E-state index contributed by atoms with van der Waals surface area (Å²) in [5.74, 6) is 2.72. The Morgan fingerprint density at radius 1 is 1.32 bits per heavy atom. The number of aryl methyl sites for hydroxylation is 2. The highest BCUT2D eigenvalue weighted by molar-refractivity contribution is 7.15. The number of nitrogens with zero attached hydrogens (tertiary/aromatic N) is 2. The SMILES string of the molecule is C#CCN1CCCCC1C(=O)Nc1nc2c(s1)CCCCC2. The molecule has 118 valence electrons. The molecule has 1 N–H and O–H groups in total. The summed E-state index contributed by atoms with van der Waals surface area (Å²) in [6.07, 6.45) is 14.4. The second-order valence-electron chi connectivity index (χ2n) is 6.12. The lowest BCUT2D eigenvalue weighted by atomic mass is 10.0. The van der Waals surface area contributed by atoms with Gasteiger partial charge in [0, 0.05) is 4.88 Å². The molecule has 1 saturated heterocycles. The minimum absolute atomic E-state index is 0.0545. The van der Waals surface area contributed by atoms with E-state index in [1.54, 1.807) is 11.3 Å². The first-order valence-corrected chi connectivity index (χ1v) is 9.06. The number of piperidine rings is 1. The number of hydrogen-bond donors (Lipinski definition) is 1. The van der Waals surface area contributed by atoms with Crippen molar-refractivity contribution >= 4 is 22.4 Å². The second-order valence-corrected chi connectivity index (χ2v) is 7.21. The summed E-state index contributed by atoms with van der Waals surface area (Å²) in [4.78, 5) is 20.7. The molecule has 1 fully saturated rings. The lowest BCUT2D eigenvalue weighted by molar-refractivity contribution is -0.122. The molecule has 0 saturated carbocycles. The van der Waals surface area contributed by atoms with Gasteiger partial charge in [-0.05, 0) is 45.1 Å². The summed E-state index contributed by atoms with van der Waals surface area (Å²) in [6.45, 7) is 1.46. The van der Waals surface area contributed by atoms with Crippen LogP contribution in [0, 0.1) is 12.3 Å². The Labute approximate surface area is 136 Å². The maximum atomic E-state index is 12.6. The summed E-state index contributed by atoms with van der Waals surface area (Å²) in [6, 6.07) is -0.103. The molecule has 22 heavy (non-hydrogen) atoms. The fourth-order valence-corrected chi connectivity index (χ4v) is 4.42. The molecular weight excluding hydrogens is 294 g/mol. The Hall–Kier alpha value is -1.38. The smallest absolute Gasteiger partial charge is 0.243 e. The molecule has 1 amide bonds. The van der Waals surface area contributed by atoms with Crippen LogP contribution < -0.4 is 5.32 Å². The molecule has 0 bridgehead atoms. The third-order valence-corrected chi connectivity index (χ3v) is 5.61. The quantitative estimate of drug-likeness (QED) is 0.689. The van der Waals surface area contributed by atoms with Gasteiger partial charge in [-0.15, -0.1) is 17.8 Å². The molecule has 0 radical (unpaired) electrons. The van der Waals surface area contributed by atoms with E-state index < -0.39 is 0 Å². The highest BCUT2D eigenvalue weighted by Gasteiger charge is 2.28. The van der Waals surface area contributed by atoms with Crippen LogP contribution in [-0.4, -0.2) is 34.9 Å². The van der Waals surface area contributed by atoms with Gasteiger partial charge in [0.1, 0.15) is 0 Å². The number of hydrogen-bond acceptors (Lipinski definition) is 4. The maximum absolute atomic E-state index is 12.6. The number of amides is 1. The minimum Gasteiger partial charge on any atom is -0.301 e. The van der Waals surface area contributed by atoms with Gasteiger partial charge in [0.25, 0.3) is 0 Å². The van der Waals surface area contributed by atoms with Gasteiger partial charge >= 0.3 is 0 Å². The van der Waals surface area contributed by atoms with Crippen molar-refractivity contribution in [3.63, 3.8) is 0 Å². The van der Waals surface area contributed by atoms with Crippen LogP contribution in [0.15, 0.2) is 0 Å². The van der Waals surface area contributed by atoms with E-state index in [1.165, 1.54) is 29.8 Å². The molecule has 1 aromatic rings. The first kappa shape index (κ1) is 15.5. The number of rotatable bonds is 3. The number of aromatic nitrogens is 1. The van der Waals surface area contributed by atoms with Gasteiger partial charge in [-0.1, -0.05) is 18.8 Å². The van der Waals surface area contributed by atoms with Gasteiger partial charge in [0.05, 0.1) is 18.3 Å². The molecule has 1 unspecified atom stereocenters. The minimum atomic E-state index is -0.103. The van der Waals surface area contributed by atoms with Crippen LogP contribution in [0.5, 0.6) is 0 Å². The summed E-state index contributed by atoms with van der Waals surface area (Å²) >= 11 is 1.65. The van der Waals surface area contributed by atoms with Crippen LogP contribution in [0.4, 0.5) is 5.13 Å². The van der Waals surface area contributed by atoms with Crippen molar-refractivity contribution in [2.75, 3.05) is 18.4 Å². The first-order valence-electron chi connectivity index (χ1n) is 8.25.